The lowest BCUT2D eigenvalue weighted by Crippen LogP contribution is -2.40. The van der Waals surface area contributed by atoms with Crippen molar-refractivity contribution in [1.29, 1.82) is 0 Å². The molecule has 0 spiro atoms. The van der Waals surface area contributed by atoms with Gasteiger partial charge in [-0.1, -0.05) is 0 Å². The van der Waals surface area contributed by atoms with Crippen LogP contribution < -0.4 is 5.73 Å². The lowest BCUT2D eigenvalue weighted by Gasteiger charge is -2.24. The number of carbonyl (C=O) groups excluding carboxylic acids is 1. The predicted molar refractivity (Wildman–Crippen MR) is 44.7 cm³/mol. The summed E-state index contributed by atoms with van der Waals surface area (Å²) in [7, 11) is 5.36. The Morgan fingerprint density at radius 1 is 1.45 bits per heavy atom. The quantitative estimate of drug-likeness (QED) is 0.573. The number of hydrogen-bond donors (Lipinski definition) is 1. The SMILES string of the molecule is CC(N)CC(=O)N(C)N(C)C. The van der Waals surface area contributed by atoms with Crippen LogP contribution in [0.4, 0.5) is 0 Å². The van der Waals surface area contributed by atoms with Crippen LogP contribution in [0, 0.1) is 0 Å². The topological polar surface area (TPSA) is 49.6 Å². The summed E-state index contributed by atoms with van der Waals surface area (Å²) in [5.74, 6) is 0.0463. The van der Waals surface area contributed by atoms with Crippen LogP contribution in [0.5, 0.6) is 0 Å². The Bertz CT molecular complexity index is 134. The third kappa shape index (κ3) is 3.95. The molecule has 0 bridgehead atoms. The number of rotatable bonds is 3. The van der Waals surface area contributed by atoms with Gasteiger partial charge in [-0.2, -0.15) is 0 Å². The normalized spacial score (nSPS) is 13.3. The fourth-order valence-corrected chi connectivity index (χ4v) is 0.631. The Kier molecular flexibility index (Phi) is 4.07. The van der Waals surface area contributed by atoms with Crippen LogP contribution in [0.25, 0.3) is 0 Å². The van der Waals surface area contributed by atoms with Crippen molar-refractivity contribution in [3.8, 4) is 0 Å². The van der Waals surface area contributed by atoms with E-state index in [0.717, 1.165) is 0 Å². The Morgan fingerprint density at radius 2 is 1.91 bits per heavy atom. The second-order valence-corrected chi connectivity index (χ2v) is 2.95. The molecule has 0 aromatic heterocycles. The average Bonchev–Trinajstić information content (AvgIpc) is 1.84. The van der Waals surface area contributed by atoms with Gasteiger partial charge in [-0.05, 0) is 6.92 Å². The van der Waals surface area contributed by atoms with E-state index >= 15 is 0 Å². The van der Waals surface area contributed by atoms with Crippen LogP contribution in [0.1, 0.15) is 13.3 Å². The number of nitrogens with two attached hydrogens (primary N) is 1. The van der Waals surface area contributed by atoms with Gasteiger partial charge in [0.2, 0.25) is 5.91 Å². The molecule has 1 amide bonds. The van der Waals surface area contributed by atoms with Crippen LogP contribution in [0.2, 0.25) is 0 Å². The molecular formula is C7H17N3O. The van der Waals surface area contributed by atoms with E-state index in [1.54, 1.807) is 17.1 Å². The molecule has 0 heterocycles. The summed E-state index contributed by atoms with van der Waals surface area (Å²) >= 11 is 0. The van der Waals surface area contributed by atoms with E-state index in [2.05, 4.69) is 0 Å². The van der Waals surface area contributed by atoms with Crippen LogP contribution in [0.3, 0.4) is 0 Å². The number of hydrazine groups is 1. The van der Waals surface area contributed by atoms with Crippen molar-refractivity contribution < 1.29 is 4.79 Å². The van der Waals surface area contributed by atoms with Gasteiger partial charge in [0.1, 0.15) is 0 Å². The van der Waals surface area contributed by atoms with Crippen molar-refractivity contribution in [1.82, 2.24) is 10.0 Å². The largest absolute Gasteiger partial charge is 0.327 e. The van der Waals surface area contributed by atoms with Crippen LogP contribution in [-0.2, 0) is 4.79 Å². The van der Waals surface area contributed by atoms with Crippen molar-refractivity contribution in [3.05, 3.63) is 0 Å². The van der Waals surface area contributed by atoms with Gasteiger partial charge in [-0.3, -0.25) is 9.80 Å². The molecule has 0 aliphatic rings. The van der Waals surface area contributed by atoms with Gasteiger partial charge in [0.15, 0.2) is 0 Å². The highest BCUT2D eigenvalue weighted by molar-refractivity contribution is 5.75. The molecule has 0 aliphatic carbocycles. The van der Waals surface area contributed by atoms with Crippen molar-refractivity contribution in [3.63, 3.8) is 0 Å². The summed E-state index contributed by atoms with van der Waals surface area (Å²) in [6, 6.07) is -0.0649. The van der Waals surface area contributed by atoms with Crippen LogP contribution in [0.15, 0.2) is 0 Å². The Labute approximate surface area is 67.9 Å². The van der Waals surface area contributed by atoms with E-state index in [-0.39, 0.29) is 11.9 Å². The number of carbonyl (C=O) groups is 1. The van der Waals surface area contributed by atoms with Crippen molar-refractivity contribution in [2.24, 2.45) is 5.73 Å². The fraction of sp³-hybridized carbons (Fsp3) is 0.857. The van der Waals surface area contributed by atoms with E-state index in [1.165, 1.54) is 0 Å². The van der Waals surface area contributed by atoms with Crippen molar-refractivity contribution in [2.75, 3.05) is 21.1 Å². The average molecular weight is 159 g/mol. The minimum Gasteiger partial charge on any atom is -0.327 e. The maximum atomic E-state index is 11.2. The molecule has 11 heavy (non-hydrogen) atoms. The third-order valence-corrected chi connectivity index (χ3v) is 1.46. The van der Waals surface area contributed by atoms with Crippen LogP contribution in [-0.4, -0.2) is 43.1 Å². The van der Waals surface area contributed by atoms with Gasteiger partial charge < -0.3 is 5.73 Å². The first-order chi connectivity index (χ1) is 4.95. The minimum absolute atomic E-state index is 0.0463. The summed E-state index contributed by atoms with van der Waals surface area (Å²) in [5.41, 5.74) is 5.47. The molecule has 0 saturated carbocycles. The molecule has 66 valence electrons. The van der Waals surface area contributed by atoms with E-state index in [0.29, 0.717) is 6.42 Å². The standard InChI is InChI=1S/C7H17N3O/c1-6(8)5-7(11)10(4)9(2)3/h6H,5,8H2,1-4H3. The number of nitrogens with zero attached hydrogens (tertiary/aromatic N) is 2. The monoisotopic (exact) mass is 159 g/mol. The van der Waals surface area contributed by atoms with Gasteiger partial charge in [0, 0.05) is 33.6 Å². The van der Waals surface area contributed by atoms with Crippen molar-refractivity contribution >= 4 is 5.91 Å². The molecule has 0 aliphatic heterocycles. The highest BCUT2D eigenvalue weighted by Gasteiger charge is 2.11. The van der Waals surface area contributed by atoms with E-state index in [4.69, 9.17) is 5.73 Å². The van der Waals surface area contributed by atoms with Crippen molar-refractivity contribution in [2.45, 2.75) is 19.4 Å². The highest BCUT2D eigenvalue weighted by atomic mass is 16.2. The van der Waals surface area contributed by atoms with Gasteiger partial charge in [-0.25, -0.2) is 5.01 Å². The third-order valence-electron chi connectivity index (χ3n) is 1.46. The van der Waals surface area contributed by atoms with Gasteiger partial charge >= 0.3 is 0 Å². The zero-order valence-corrected chi connectivity index (χ0v) is 7.66. The van der Waals surface area contributed by atoms with E-state index < -0.39 is 0 Å². The summed E-state index contributed by atoms with van der Waals surface area (Å²) in [5, 5.41) is 3.27. The maximum Gasteiger partial charge on any atom is 0.238 e. The zero-order chi connectivity index (χ0) is 9.02. The minimum atomic E-state index is -0.0649. The highest BCUT2D eigenvalue weighted by Crippen LogP contribution is 1.94. The molecule has 0 radical (unpaired) electrons. The predicted octanol–water partition coefficient (Wildman–Crippen LogP) is -0.341. The lowest BCUT2D eigenvalue weighted by atomic mass is 10.2. The summed E-state index contributed by atoms with van der Waals surface area (Å²) in [4.78, 5) is 11.2. The lowest BCUT2D eigenvalue weighted by molar-refractivity contribution is -0.141. The van der Waals surface area contributed by atoms with Gasteiger partial charge in [0.05, 0.1) is 0 Å². The molecule has 0 saturated heterocycles. The summed E-state index contributed by atoms with van der Waals surface area (Å²) < 4.78 is 0. The molecule has 0 rings (SSSR count). The molecular weight excluding hydrogens is 142 g/mol. The molecule has 0 fully saturated rings. The molecule has 0 aromatic rings. The van der Waals surface area contributed by atoms with E-state index in [1.807, 2.05) is 21.0 Å². The van der Waals surface area contributed by atoms with E-state index in [9.17, 15) is 4.79 Å². The zero-order valence-electron chi connectivity index (χ0n) is 7.66. The summed E-state index contributed by atoms with van der Waals surface area (Å²) in [6.45, 7) is 1.82. The Hall–Kier alpha value is -0.610. The number of hydrogen-bond acceptors (Lipinski definition) is 3. The second-order valence-electron chi connectivity index (χ2n) is 2.95. The first kappa shape index (κ1) is 10.4. The molecule has 2 N–H and O–H groups in total. The van der Waals surface area contributed by atoms with Crippen LogP contribution >= 0.6 is 0 Å². The van der Waals surface area contributed by atoms with Gasteiger partial charge in [-0.15, -0.1) is 0 Å². The maximum absolute atomic E-state index is 11.2. The first-order valence-electron chi connectivity index (χ1n) is 3.64. The first-order valence-corrected chi connectivity index (χ1v) is 3.64. The molecule has 4 nitrogen and oxygen atoms in total. The Balaban J connectivity index is 3.83. The smallest absolute Gasteiger partial charge is 0.238 e. The van der Waals surface area contributed by atoms with Gasteiger partial charge in [0.25, 0.3) is 0 Å². The molecule has 4 heteroatoms. The fourth-order valence-electron chi connectivity index (χ4n) is 0.631. The second kappa shape index (κ2) is 4.31. The molecule has 0 aromatic carbocycles. The Morgan fingerprint density at radius 3 is 2.18 bits per heavy atom. The molecule has 1 atom stereocenters. The summed E-state index contributed by atoms with van der Waals surface area (Å²) in [6.07, 6.45) is 0.397. The molecule has 1 unspecified atom stereocenters. The number of amides is 1.